The summed E-state index contributed by atoms with van der Waals surface area (Å²) in [5, 5.41) is 8.69. The largest absolute Gasteiger partial charge is 0.349 e. The Morgan fingerprint density at radius 1 is 1.75 bits per heavy atom. The number of nitrogens with two attached hydrogens (primary N) is 1. The zero-order valence-electron chi connectivity index (χ0n) is 6.58. The van der Waals surface area contributed by atoms with Crippen LogP contribution in [0.5, 0.6) is 0 Å². The monoisotopic (exact) mass is 169 g/mol. The molecule has 0 aromatic carbocycles. The van der Waals surface area contributed by atoms with Crippen LogP contribution in [0.15, 0.2) is 6.33 Å². The Morgan fingerprint density at radius 3 is 3.17 bits per heavy atom. The number of hydrogen-bond donors (Lipinski definition) is 3. The molecule has 12 heavy (non-hydrogen) atoms. The first-order chi connectivity index (χ1) is 5.84. The van der Waals surface area contributed by atoms with E-state index >= 15 is 0 Å². The Kier molecular flexibility index (Phi) is 3.21. The molecule has 1 aromatic rings. The first-order valence-electron chi connectivity index (χ1n) is 3.68. The van der Waals surface area contributed by atoms with Crippen LogP contribution < -0.4 is 11.1 Å². The Morgan fingerprint density at radius 2 is 2.58 bits per heavy atom. The van der Waals surface area contributed by atoms with Crippen molar-refractivity contribution in [3.8, 4) is 0 Å². The number of H-pyrrole nitrogens is 1. The summed E-state index contributed by atoms with van der Waals surface area (Å²) in [7, 11) is 0. The average Bonchev–Trinajstić information content (AvgIpc) is 2.56. The van der Waals surface area contributed by atoms with Crippen LogP contribution in [0.4, 0.5) is 0 Å². The van der Waals surface area contributed by atoms with E-state index in [2.05, 4.69) is 20.5 Å². The molecule has 66 valence electrons. The molecule has 0 spiro atoms. The van der Waals surface area contributed by atoms with Crippen molar-refractivity contribution in [1.29, 1.82) is 0 Å². The van der Waals surface area contributed by atoms with Crippen LogP contribution in [0.2, 0.25) is 0 Å². The van der Waals surface area contributed by atoms with Crippen molar-refractivity contribution in [2.45, 2.75) is 6.42 Å². The molecule has 0 saturated carbocycles. The number of nitrogens with zero attached hydrogens (tertiary/aromatic N) is 2. The standard InChI is InChI=1S/C6H11N5O/c7-2-1-3-8-6(12)5-9-4-10-11-5/h4H,1-3,7H2,(H,8,12)(H,9,10,11). The topological polar surface area (TPSA) is 96.7 Å². The second-order valence-corrected chi connectivity index (χ2v) is 2.22. The quantitative estimate of drug-likeness (QED) is 0.497. The highest BCUT2D eigenvalue weighted by Crippen LogP contribution is 1.84. The molecule has 0 aliphatic rings. The van der Waals surface area contributed by atoms with Gasteiger partial charge in [-0.25, -0.2) is 4.98 Å². The lowest BCUT2D eigenvalue weighted by Crippen LogP contribution is -2.26. The molecule has 0 bridgehead atoms. The van der Waals surface area contributed by atoms with E-state index in [0.717, 1.165) is 6.42 Å². The maximum atomic E-state index is 11.1. The fourth-order valence-corrected chi connectivity index (χ4v) is 0.701. The van der Waals surface area contributed by atoms with Gasteiger partial charge in [-0.05, 0) is 13.0 Å². The van der Waals surface area contributed by atoms with E-state index in [4.69, 9.17) is 5.73 Å². The predicted octanol–water partition coefficient (Wildman–Crippen LogP) is -1.12. The van der Waals surface area contributed by atoms with Gasteiger partial charge in [0.25, 0.3) is 5.91 Å². The van der Waals surface area contributed by atoms with Gasteiger partial charge in [0, 0.05) is 6.54 Å². The van der Waals surface area contributed by atoms with Crippen LogP contribution in [-0.4, -0.2) is 34.2 Å². The summed E-state index contributed by atoms with van der Waals surface area (Å²) in [4.78, 5) is 14.8. The Labute approximate surface area is 69.6 Å². The van der Waals surface area contributed by atoms with Gasteiger partial charge in [-0.2, -0.15) is 0 Å². The van der Waals surface area contributed by atoms with Gasteiger partial charge in [-0.3, -0.25) is 9.89 Å². The first kappa shape index (κ1) is 8.66. The lowest BCUT2D eigenvalue weighted by atomic mass is 10.4. The van der Waals surface area contributed by atoms with Gasteiger partial charge >= 0.3 is 0 Å². The molecule has 6 heteroatoms. The second-order valence-electron chi connectivity index (χ2n) is 2.22. The van der Waals surface area contributed by atoms with Gasteiger partial charge in [0.1, 0.15) is 6.33 Å². The van der Waals surface area contributed by atoms with Gasteiger partial charge in [0.2, 0.25) is 5.82 Å². The fraction of sp³-hybridized carbons (Fsp3) is 0.500. The van der Waals surface area contributed by atoms with Gasteiger partial charge < -0.3 is 11.1 Å². The number of carbonyl (C=O) groups excluding carboxylic acids is 1. The van der Waals surface area contributed by atoms with Crippen LogP contribution in [0.1, 0.15) is 17.0 Å². The fourth-order valence-electron chi connectivity index (χ4n) is 0.701. The minimum atomic E-state index is -0.273. The van der Waals surface area contributed by atoms with Gasteiger partial charge in [-0.1, -0.05) is 0 Å². The third-order valence-corrected chi connectivity index (χ3v) is 1.28. The number of rotatable bonds is 4. The molecule has 0 atom stereocenters. The second kappa shape index (κ2) is 4.45. The van der Waals surface area contributed by atoms with Crippen molar-refractivity contribution >= 4 is 5.91 Å². The van der Waals surface area contributed by atoms with Crippen LogP contribution >= 0.6 is 0 Å². The lowest BCUT2D eigenvalue weighted by Gasteiger charge is -1.98. The molecule has 1 rings (SSSR count). The molecular weight excluding hydrogens is 158 g/mol. The third kappa shape index (κ3) is 2.31. The first-order valence-corrected chi connectivity index (χ1v) is 3.68. The molecule has 0 saturated heterocycles. The lowest BCUT2D eigenvalue weighted by molar-refractivity contribution is 0.0943. The highest BCUT2D eigenvalue weighted by atomic mass is 16.2. The summed E-state index contributed by atoms with van der Waals surface area (Å²) >= 11 is 0. The van der Waals surface area contributed by atoms with E-state index < -0.39 is 0 Å². The molecule has 1 amide bonds. The minimum Gasteiger partial charge on any atom is -0.349 e. The van der Waals surface area contributed by atoms with E-state index in [9.17, 15) is 4.79 Å². The van der Waals surface area contributed by atoms with Gasteiger partial charge in [-0.15, -0.1) is 5.10 Å². The van der Waals surface area contributed by atoms with Crippen molar-refractivity contribution in [2.75, 3.05) is 13.1 Å². The van der Waals surface area contributed by atoms with E-state index in [1.54, 1.807) is 0 Å². The number of hydrogen-bond acceptors (Lipinski definition) is 4. The number of carbonyl (C=O) groups is 1. The summed E-state index contributed by atoms with van der Waals surface area (Å²) < 4.78 is 0. The summed E-state index contributed by atoms with van der Waals surface area (Å²) in [6, 6.07) is 0. The molecule has 0 radical (unpaired) electrons. The highest BCUT2D eigenvalue weighted by Gasteiger charge is 2.06. The summed E-state index contributed by atoms with van der Waals surface area (Å²) in [5.41, 5.74) is 5.24. The number of aromatic amines is 1. The Hall–Kier alpha value is -1.43. The highest BCUT2D eigenvalue weighted by molar-refractivity contribution is 5.90. The molecule has 1 heterocycles. The summed E-state index contributed by atoms with van der Waals surface area (Å²) in [6.45, 7) is 1.12. The number of aromatic nitrogens is 3. The summed E-state index contributed by atoms with van der Waals surface area (Å²) in [5.74, 6) is -0.114. The molecular formula is C6H11N5O. The van der Waals surface area contributed by atoms with Crippen LogP contribution in [0.3, 0.4) is 0 Å². The van der Waals surface area contributed by atoms with E-state index in [1.165, 1.54) is 6.33 Å². The maximum absolute atomic E-state index is 11.1. The van der Waals surface area contributed by atoms with E-state index in [0.29, 0.717) is 13.1 Å². The molecule has 0 unspecified atom stereocenters. The van der Waals surface area contributed by atoms with Crippen molar-refractivity contribution in [3.05, 3.63) is 12.2 Å². The minimum absolute atomic E-state index is 0.159. The zero-order valence-corrected chi connectivity index (χ0v) is 6.58. The Bertz CT molecular complexity index is 232. The normalized spacial score (nSPS) is 9.75. The molecule has 1 aromatic heterocycles. The summed E-state index contributed by atoms with van der Waals surface area (Å²) in [6.07, 6.45) is 2.12. The van der Waals surface area contributed by atoms with Crippen molar-refractivity contribution in [1.82, 2.24) is 20.5 Å². The van der Waals surface area contributed by atoms with E-state index in [-0.39, 0.29) is 11.7 Å². The predicted molar refractivity (Wildman–Crippen MR) is 42.4 cm³/mol. The van der Waals surface area contributed by atoms with Crippen LogP contribution in [0.25, 0.3) is 0 Å². The van der Waals surface area contributed by atoms with Crippen molar-refractivity contribution in [3.63, 3.8) is 0 Å². The van der Waals surface area contributed by atoms with E-state index in [1.807, 2.05) is 0 Å². The van der Waals surface area contributed by atoms with Crippen LogP contribution in [-0.2, 0) is 0 Å². The molecule has 0 aliphatic carbocycles. The zero-order chi connectivity index (χ0) is 8.81. The molecule has 0 fully saturated rings. The van der Waals surface area contributed by atoms with Gasteiger partial charge in [0.15, 0.2) is 0 Å². The Balaban J connectivity index is 2.30. The third-order valence-electron chi connectivity index (χ3n) is 1.28. The van der Waals surface area contributed by atoms with Crippen molar-refractivity contribution in [2.24, 2.45) is 5.73 Å². The maximum Gasteiger partial charge on any atom is 0.290 e. The molecule has 6 nitrogen and oxygen atoms in total. The molecule has 4 N–H and O–H groups in total. The number of nitrogens with one attached hydrogen (secondary N) is 2. The SMILES string of the molecule is NCCCNC(=O)c1nc[nH]n1. The number of amides is 1. The van der Waals surface area contributed by atoms with Crippen LogP contribution in [0, 0.1) is 0 Å². The molecule has 0 aliphatic heterocycles. The smallest absolute Gasteiger partial charge is 0.290 e. The average molecular weight is 169 g/mol. The van der Waals surface area contributed by atoms with Gasteiger partial charge in [0.05, 0.1) is 0 Å². The van der Waals surface area contributed by atoms with Crippen molar-refractivity contribution < 1.29 is 4.79 Å².